The molecule has 2 aliphatic carbocycles. The van der Waals surface area contributed by atoms with E-state index in [1.807, 2.05) is 0 Å². The van der Waals surface area contributed by atoms with Gasteiger partial charge in [0.25, 0.3) is 0 Å². The monoisotopic (exact) mass is 1100 g/mol. The molecule has 0 amide bonds. The second kappa shape index (κ2) is 19.0. The molecule has 0 fully saturated rings. The summed E-state index contributed by atoms with van der Waals surface area (Å²) in [6.45, 7) is 9.65. The molecule has 0 radical (unpaired) electrons. The Kier molecular flexibility index (Phi) is 11.0. The smallest absolute Gasteiger partial charge is 0.0541 e. The largest absolute Gasteiger partial charge is 0.309 e. The molecule has 2 heteroatoms. The average Bonchev–Trinajstić information content (AvgIpc) is 1.75. The van der Waals surface area contributed by atoms with Gasteiger partial charge >= 0.3 is 0 Å². The van der Waals surface area contributed by atoms with Crippen molar-refractivity contribution in [3.8, 4) is 55.9 Å². The average molecular weight is 1100 g/mol. The first-order valence-electron chi connectivity index (χ1n) is 30.2. The van der Waals surface area contributed by atoms with Gasteiger partial charge in [0, 0.05) is 43.1 Å². The summed E-state index contributed by atoms with van der Waals surface area (Å²) in [6.07, 6.45) is 8.97. The van der Waals surface area contributed by atoms with Crippen LogP contribution in [0.2, 0.25) is 0 Å². The molecule has 0 atom stereocenters. The van der Waals surface area contributed by atoms with Crippen LogP contribution in [0.15, 0.2) is 267 Å². The number of hydrogen-bond acceptors (Lipinski definition) is 0. The van der Waals surface area contributed by atoms with Gasteiger partial charge in [0.05, 0.1) is 33.4 Å². The van der Waals surface area contributed by atoms with Crippen molar-refractivity contribution >= 4 is 89.5 Å². The fraction of sp³-hybridized carbons (Fsp3) is 0.0714. The van der Waals surface area contributed by atoms with Crippen LogP contribution < -0.4 is 0 Å². The molecule has 0 unspecified atom stereocenters. The highest BCUT2D eigenvalue weighted by atomic mass is 15.0. The topological polar surface area (TPSA) is 9.86 Å². The van der Waals surface area contributed by atoms with E-state index in [1.165, 1.54) is 166 Å². The van der Waals surface area contributed by atoms with Crippen molar-refractivity contribution in [1.82, 2.24) is 9.13 Å². The molecule has 13 aromatic carbocycles. The first-order valence-corrected chi connectivity index (χ1v) is 30.2. The predicted molar refractivity (Wildman–Crippen MR) is 367 cm³/mol. The zero-order chi connectivity index (χ0) is 57.4. The van der Waals surface area contributed by atoms with Crippen LogP contribution in [0.3, 0.4) is 0 Å². The molecular weight excluding hydrogens is 1040 g/mol. The first-order chi connectivity index (χ1) is 42.1. The molecule has 0 spiro atoms. The van der Waals surface area contributed by atoms with Crippen LogP contribution >= 0.6 is 0 Å². The molecule has 0 aliphatic heterocycles. The van der Waals surface area contributed by atoms with Crippen LogP contribution in [0, 0.1) is 0 Å². The summed E-state index contributed by atoms with van der Waals surface area (Å²) < 4.78 is 4.85. The third kappa shape index (κ3) is 7.72. The van der Waals surface area contributed by atoms with Crippen LogP contribution in [0.5, 0.6) is 0 Å². The van der Waals surface area contributed by atoms with Gasteiger partial charge in [-0.15, -0.1) is 0 Å². The van der Waals surface area contributed by atoms with Crippen molar-refractivity contribution < 1.29 is 0 Å². The first kappa shape index (κ1) is 50.0. The van der Waals surface area contributed by atoms with Crippen molar-refractivity contribution in [3.05, 3.63) is 311 Å². The Balaban J connectivity index is 0.609. The van der Waals surface area contributed by atoms with Crippen molar-refractivity contribution in [2.75, 3.05) is 0 Å². The lowest BCUT2D eigenvalue weighted by molar-refractivity contribution is 0.652. The standard InChI is InChI=1S/C84H60N2/c1-83(2)73-49-61(57-37-31-53(32-38-57)27-29-55-35-45-81-71(47-55)67-21-9-11-23-79(67)85(81)77-25-13-17-59-15-5-7-19-63(59)77)41-43-65(73)69-52-76-70(51-75(69)83)66-44-42-62(50-74(66)84(76,3)4)58-39-33-54(34-40-58)28-30-56-36-46-82-72(48-56)68-22-10-12-24-80(68)86(82)78-26-14-18-60-16-6-8-20-64(60)78/h5-52H,1-4H3/b29-27+,30-28+. The van der Waals surface area contributed by atoms with Crippen molar-refractivity contribution in [3.63, 3.8) is 0 Å². The van der Waals surface area contributed by atoms with Gasteiger partial charge in [0.2, 0.25) is 0 Å². The van der Waals surface area contributed by atoms with E-state index in [0.29, 0.717) is 0 Å². The Morgan fingerprint density at radius 3 is 1.02 bits per heavy atom. The molecule has 15 aromatic rings. The molecule has 0 saturated carbocycles. The number of para-hydroxylation sites is 2. The lowest BCUT2D eigenvalue weighted by Gasteiger charge is -2.24. The van der Waals surface area contributed by atoms with E-state index >= 15 is 0 Å². The molecule has 406 valence electrons. The predicted octanol–water partition coefficient (Wildman–Crippen LogP) is 22.5. The van der Waals surface area contributed by atoms with Gasteiger partial charge in [-0.25, -0.2) is 0 Å². The Hall–Kier alpha value is -10.5. The van der Waals surface area contributed by atoms with Gasteiger partial charge in [-0.1, -0.05) is 246 Å². The molecule has 2 aromatic heterocycles. The number of rotatable bonds is 8. The van der Waals surface area contributed by atoms with Crippen molar-refractivity contribution in [2.45, 2.75) is 38.5 Å². The molecule has 2 nitrogen and oxygen atoms in total. The van der Waals surface area contributed by atoms with Crippen LogP contribution in [0.4, 0.5) is 0 Å². The van der Waals surface area contributed by atoms with E-state index in [2.05, 4.69) is 328 Å². The lowest BCUT2D eigenvalue weighted by Crippen LogP contribution is -2.17. The number of fused-ring (bicyclic) bond motifs is 14. The van der Waals surface area contributed by atoms with E-state index in [0.717, 1.165) is 0 Å². The summed E-state index contributed by atoms with van der Waals surface area (Å²) >= 11 is 0. The summed E-state index contributed by atoms with van der Waals surface area (Å²) in [5, 5.41) is 10.0. The van der Waals surface area contributed by atoms with Gasteiger partial charge in [-0.2, -0.15) is 0 Å². The molecule has 0 saturated heterocycles. The molecule has 0 N–H and O–H groups in total. The SMILES string of the molecule is CC1(C)c2cc(-c3ccc(/C=C/c4ccc5c(c4)c4ccccc4n5-c4cccc5ccccc45)cc3)ccc2-c2cc3c(cc21)-c1ccc(-c2ccc(/C=C/c4ccc5c(c4)c4ccccc4n5-c4cccc5ccccc45)cc2)cc1C3(C)C. The molecule has 2 aliphatic rings. The summed E-state index contributed by atoms with van der Waals surface area (Å²) in [5.74, 6) is 0. The quantitative estimate of drug-likeness (QED) is 0.134. The maximum absolute atomic E-state index is 2.53. The number of nitrogens with zero attached hydrogens (tertiary/aromatic N) is 2. The normalized spacial score (nSPS) is 13.9. The summed E-state index contributed by atoms with van der Waals surface area (Å²) in [5.41, 5.74) is 27.6. The van der Waals surface area contributed by atoms with E-state index < -0.39 is 0 Å². The van der Waals surface area contributed by atoms with Crippen LogP contribution in [0.25, 0.3) is 145 Å². The summed E-state index contributed by atoms with van der Waals surface area (Å²) in [7, 11) is 0. The maximum Gasteiger partial charge on any atom is 0.0541 e. The number of benzene rings is 13. The fourth-order valence-electron chi connectivity index (χ4n) is 14.8. The summed E-state index contributed by atoms with van der Waals surface area (Å²) in [4.78, 5) is 0. The Labute approximate surface area is 501 Å². The molecule has 2 heterocycles. The minimum atomic E-state index is -0.158. The van der Waals surface area contributed by atoms with Gasteiger partial charge in [0.1, 0.15) is 0 Å². The number of hydrogen-bond donors (Lipinski definition) is 0. The van der Waals surface area contributed by atoms with Gasteiger partial charge in [-0.3, -0.25) is 0 Å². The Morgan fingerprint density at radius 2 is 0.581 bits per heavy atom. The molecule has 0 bridgehead atoms. The second-order valence-electron chi connectivity index (χ2n) is 24.9. The third-order valence-electron chi connectivity index (χ3n) is 19.3. The van der Waals surface area contributed by atoms with Crippen molar-refractivity contribution in [1.29, 1.82) is 0 Å². The highest BCUT2D eigenvalue weighted by Crippen LogP contribution is 2.57. The minimum absolute atomic E-state index is 0.158. The fourth-order valence-corrected chi connectivity index (χ4v) is 14.8. The van der Waals surface area contributed by atoms with E-state index in [9.17, 15) is 0 Å². The van der Waals surface area contributed by atoms with Gasteiger partial charge in [0.15, 0.2) is 0 Å². The van der Waals surface area contributed by atoms with Crippen molar-refractivity contribution in [2.24, 2.45) is 0 Å². The zero-order valence-electron chi connectivity index (χ0n) is 48.6. The van der Waals surface area contributed by atoms with Crippen LogP contribution in [-0.4, -0.2) is 9.13 Å². The molecule has 17 rings (SSSR count). The minimum Gasteiger partial charge on any atom is -0.309 e. The van der Waals surface area contributed by atoms with Gasteiger partial charge in [-0.05, 0) is 173 Å². The van der Waals surface area contributed by atoms with E-state index in [4.69, 9.17) is 0 Å². The van der Waals surface area contributed by atoms with Crippen LogP contribution in [0.1, 0.15) is 72.2 Å². The van der Waals surface area contributed by atoms with Crippen LogP contribution in [-0.2, 0) is 10.8 Å². The second-order valence-corrected chi connectivity index (χ2v) is 24.9. The third-order valence-corrected chi connectivity index (χ3v) is 19.3. The van der Waals surface area contributed by atoms with E-state index in [1.54, 1.807) is 0 Å². The van der Waals surface area contributed by atoms with Gasteiger partial charge < -0.3 is 9.13 Å². The summed E-state index contributed by atoms with van der Waals surface area (Å²) in [6, 6.07) is 99.4. The highest BCUT2D eigenvalue weighted by Gasteiger charge is 2.42. The zero-order valence-corrected chi connectivity index (χ0v) is 48.6. The molecule has 86 heavy (non-hydrogen) atoms. The molecular formula is C84H60N2. The Morgan fingerprint density at radius 1 is 0.244 bits per heavy atom. The van der Waals surface area contributed by atoms with E-state index in [-0.39, 0.29) is 10.8 Å². The maximum atomic E-state index is 2.53. The lowest BCUT2D eigenvalue weighted by atomic mass is 9.79. The Bertz CT molecular complexity index is 5030. The highest BCUT2D eigenvalue weighted by molar-refractivity contribution is 6.13. The number of aromatic nitrogens is 2.